The van der Waals surface area contributed by atoms with Crippen molar-refractivity contribution in [1.29, 1.82) is 0 Å². The van der Waals surface area contributed by atoms with E-state index in [0.717, 1.165) is 36.8 Å². The lowest BCUT2D eigenvalue weighted by Crippen LogP contribution is -2.08. The summed E-state index contributed by atoms with van der Waals surface area (Å²) in [4.78, 5) is 8.53. The SMILES string of the molecule is CCc1nc(Cl)cc(NCCc2ccccc2OC)n1. The maximum absolute atomic E-state index is 5.96. The summed E-state index contributed by atoms with van der Waals surface area (Å²) in [5, 5.41) is 3.74. The number of benzene rings is 1. The van der Waals surface area contributed by atoms with Crippen molar-refractivity contribution in [1.82, 2.24) is 9.97 Å². The Morgan fingerprint density at radius 3 is 2.80 bits per heavy atom. The topological polar surface area (TPSA) is 47.0 Å². The summed E-state index contributed by atoms with van der Waals surface area (Å²) in [7, 11) is 1.68. The molecular formula is C15H18ClN3O. The van der Waals surface area contributed by atoms with E-state index in [9.17, 15) is 0 Å². The average molecular weight is 292 g/mol. The number of nitrogens with zero attached hydrogens (tertiary/aromatic N) is 2. The van der Waals surface area contributed by atoms with Gasteiger partial charge in [0, 0.05) is 19.0 Å². The minimum absolute atomic E-state index is 0.469. The van der Waals surface area contributed by atoms with E-state index in [1.807, 2.05) is 25.1 Å². The first-order valence-electron chi connectivity index (χ1n) is 6.62. The first-order chi connectivity index (χ1) is 9.72. The first kappa shape index (κ1) is 14.6. The first-order valence-corrected chi connectivity index (χ1v) is 7.00. The van der Waals surface area contributed by atoms with Crippen LogP contribution in [0.2, 0.25) is 5.15 Å². The minimum atomic E-state index is 0.469. The molecule has 5 heteroatoms. The molecule has 106 valence electrons. The molecule has 20 heavy (non-hydrogen) atoms. The van der Waals surface area contributed by atoms with Crippen molar-refractivity contribution in [3.05, 3.63) is 46.9 Å². The fraction of sp³-hybridized carbons (Fsp3) is 0.333. The van der Waals surface area contributed by atoms with Crippen molar-refractivity contribution in [2.75, 3.05) is 19.0 Å². The predicted octanol–water partition coefficient (Wildman–Crippen LogP) is 3.36. The van der Waals surface area contributed by atoms with E-state index >= 15 is 0 Å². The molecule has 0 bridgehead atoms. The number of para-hydroxylation sites is 1. The minimum Gasteiger partial charge on any atom is -0.496 e. The molecule has 0 atom stereocenters. The molecule has 2 rings (SSSR count). The van der Waals surface area contributed by atoms with Gasteiger partial charge in [0.2, 0.25) is 0 Å². The number of aryl methyl sites for hydroxylation is 1. The number of nitrogens with one attached hydrogen (secondary N) is 1. The highest BCUT2D eigenvalue weighted by atomic mass is 35.5. The molecule has 1 N–H and O–H groups in total. The van der Waals surface area contributed by atoms with Crippen molar-refractivity contribution in [3.8, 4) is 5.75 Å². The molecule has 0 amide bonds. The van der Waals surface area contributed by atoms with Crippen LogP contribution in [0.5, 0.6) is 5.75 Å². The molecule has 0 aliphatic rings. The van der Waals surface area contributed by atoms with Crippen LogP contribution in [0.15, 0.2) is 30.3 Å². The van der Waals surface area contributed by atoms with Gasteiger partial charge < -0.3 is 10.1 Å². The van der Waals surface area contributed by atoms with Crippen molar-refractivity contribution in [2.45, 2.75) is 19.8 Å². The number of hydrogen-bond acceptors (Lipinski definition) is 4. The van der Waals surface area contributed by atoms with Gasteiger partial charge in [0.1, 0.15) is 22.5 Å². The van der Waals surface area contributed by atoms with E-state index < -0.39 is 0 Å². The van der Waals surface area contributed by atoms with E-state index in [0.29, 0.717) is 5.15 Å². The lowest BCUT2D eigenvalue weighted by atomic mass is 10.1. The molecule has 0 unspecified atom stereocenters. The zero-order chi connectivity index (χ0) is 14.4. The number of halogens is 1. The molecule has 1 aromatic carbocycles. The summed E-state index contributed by atoms with van der Waals surface area (Å²) in [6.07, 6.45) is 1.62. The fourth-order valence-corrected chi connectivity index (χ4v) is 2.15. The normalized spacial score (nSPS) is 10.3. The predicted molar refractivity (Wildman–Crippen MR) is 81.6 cm³/mol. The number of rotatable bonds is 6. The largest absolute Gasteiger partial charge is 0.496 e. The van der Waals surface area contributed by atoms with E-state index in [1.165, 1.54) is 5.56 Å². The second kappa shape index (κ2) is 7.10. The maximum atomic E-state index is 5.96. The Labute approximate surface area is 124 Å². The van der Waals surface area contributed by atoms with Gasteiger partial charge in [0.15, 0.2) is 0 Å². The Morgan fingerprint density at radius 2 is 2.05 bits per heavy atom. The lowest BCUT2D eigenvalue weighted by molar-refractivity contribution is 0.410. The van der Waals surface area contributed by atoms with Crippen molar-refractivity contribution in [2.24, 2.45) is 0 Å². The van der Waals surface area contributed by atoms with E-state index in [-0.39, 0.29) is 0 Å². The van der Waals surface area contributed by atoms with Crippen LogP contribution in [0.3, 0.4) is 0 Å². The van der Waals surface area contributed by atoms with Crippen LogP contribution in [-0.4, -0.2) is 23.6 Å². The second-order valence-corrected chi connectivity index (χ2v) is 4.72. The number of anilines is 1. The summed E-state index contributed by atoms with van der Waals surface area (Å²) in [5.74, 6) is 2.42. The van der Waals surface area contributed by atoms with Gasteiger partial charge in [-0.25, -0.2) is 9.97 Å². The second-order valence-electron chi connectivity index (χ2n) is 4.33. The summed E-state index contributed by atoms with van der Waals surface area (Å²) >= 11 is 5.96. The summed E-state index contributed by atoms with van der Waals surface area (Å²) in [6, 6.07) is 9.74. The highest BCUT2D eigenvalue weighted by molar-refractivity contribution is 6.29. The fourth-order valence-electron chi connectivity index (χ4n) is 1.95. The Hall–Kier alpha value is -1.81. The molecule has 4 nitrogen and oxygen atoms in total. The van der Waals surface area contributed by atoms with E-state index in [2.05, 4.69) is 21.4 Å². The number of ether oxygens (including phenoxy) is 1. The molecule has 1 heterocycles. The Bertz CT molecular complexity index is 575. The van der Waals surface area contributed by atoms with Crippen molar-refractivity contribution >= 4 is 17.4 Å². The van der Waals surface area contributed by atoms with Crippen molar-refractivity contribution in [3.63, 3.8) is 0 Å². The van der Waals surface area contributed by atoms with Crippen LogP contribution in [-0.2, 0) is 12.8 Å². The number of methoxy groups -OCH3 is 1. The van der Waals surface area contributed by atoms with Gasteiger partial charge in [-0.15, -0.1) is 0 Å². The highest BCUT2D eigenvalue weighted by Gasteiger charge is 2.03. The molecule has 0 radical (unpaired) electrons. The number of hydrogen-bond donors (Lipinski definition) is 1. The molecule has 0 saturated heterocycles. The molecule has 0 fully saturated rings. The van der Waals surface area contributed by atoms with E-state index in [4.69, 9.17) is 16.3 Å². The van der Waals surface area contributed by atoms with Crippen LogP contribution in [0.4, 0.5) is 5.82 Å². The summed E-state index contributed by atoms with van der Waals surface area (Å²) < 4.78 is 5.33. The Balaban J connectivity index is 1.97. The van der Waals surface area contributed by atoms with Gasteiger partial charge in [-0.05, 0) is 18.1 Å². The van der Waals surface area contributed by atoms with Gasteiger partial charge in [0.05, 0.1) is 7.11 Å². The third-order valence-electron chi connectivity index (χ3n) is 2.95. The summed E-state index contributed by atoms with van der Waals surface area (Å²) in [5.41, 5.74) is 1.17. The zero-order valence-electron chi connectivity index (χ0n) is 11.7. The van der Waals surface area contributed by atoms with Crippen LogP contribution in [0.1, 0.15) is 18.3 Å². The Kier molecular flexibility index (Phi) is 5.18. The zero-order valence-corrected chi connectivity index (χ0v) is 12.4. The third-order valence-corrected chi connectivity index (χ3v) is 3.14. The molecule has 0 aliphatic heterocycles. The monoisotopic (exact) mass is 291 g/mol. The lowest BCUT2D eigenvalue weighted by Gasteiger charge is -2.10. The number of aromatic nitrogens is 2. The standard InChI is InChI=1S/C15H18ClN3O/c1-3-14-18-13(16)10-15(19-14)17-9-8-11-6-4-5-7-12(11)20-2/h4-7,10H,3,8-9H2,1-2H3,(H,17,18,19). The third kappa shape index (κ3) is 3.84. The maximum Gasteiger partial charge on any atom is 0.134 e. The van der Waals surface area contributed by atoms with Crippen LogP contribution < -0.4 is 10.1 Å². The van der Waals surface area contributed by atoms with Crippen molar-refractivity contribution < 1.29 is 4.74 Å². The van der Waals surface area contributed by atoms with Crippen LogP contribution in [0.25, 0.3) is 0 Å². The average Bonchev–Trinajstić information content (AvgIpc) is 2.47. The quantitative estimate of drug-likeness (QED) is 0.829. The van der Waals surface area contributed by atoms with E-state index in [1.54, 1.807) is 13.2 Å². The Morgan fingerprint density at radius 1 is 1.25 bits per heavy atom. The van der Waals surface area contributed by atoms with Gasteiger partial charge in [-0.2, -0.15) is 0 Å². The van der Waals surface area contributed by atoms with Gasteiger partial charge in [-0.1, -0.05) is 36.7 Å². The molecule has 0 saturated carbocycles. The van der Waals surface area contributed by atoms with Gasteiger partial charge in [-0.3, -0.25) is 0 Å². The van der Waals surface area contributed by atoms with Gasteiger partial charge >= 0.3 is 0 Å². The smallest absolute Gasteiger partial charge is 0.134 e. The highest BCUT2D eigenvalue weighted by Crippen LogP contribution is 2.18. The van der Waals surface area contributed by atoms with Gasteiger partial charge in [0.25, 0.3) is 0 Å². The molecule has 1 aromatic heterocycles. The van der Waals surface area contributed by atoms with Crippen LogP contribution in [0, 0.1) is 0 Å². The van der Waals surface area contributed by atoms with Crippen LogP contribution >= 0.6 is 11.6 Å². The molecular weight excluding hydrogens is 274 g/mol. The molecule has 2 aromatic rings. The molecule has 0 spiro atoms. The summed E-state index contributed by atoms with van der Waals surface area (Å²) in [6.45, 7) is 2.77. The molecule has 0 aliphatic carbocycles.